The van der Waals surface area contributed by atoms with Gasteiger partial charge in [0.25, 0.3) is 0 Å². The first-order chi connectivity index (χ1) is 10.7. The minimum absolute atomic E-state index is 0.0288. The smallest absolute Gasteiger partial charge is 0.229 e. The van der Waals surface area contributed by atoms with Gasteiger partial charge in [-0.1, -0.05) is 17.7 Å². The summed E-state index contributed by atoms with van der Waals surface area (Å²) in [6, 6.07) is 9.68. The number of hydrogen-bond donors (Lipinski definition) is 1. The van der Waals surface area contributed by atoms with Crippen molar-refractivity contribution >= 4 is 17.5 Å². The Labute approximate surface area is 130 Å². The molecule has 0 saturated carbocycles. The molecule has 1 aromatic heterocycles. The highest BCUT2D eigenvalue weighted by Crippen LogP contribution is 2.21. The van der Waals surface area contributed by atoms with Crippen molar-refractivity contribution in [1.29, 1.82) is 0 Å². The van der Waals surface area contributed by atoms with Crippen LogP contribution >= 0.6 is 0 Å². The molecular formula is C17H20N4O. The van der Waals surface area contributed by atoms with Crippen LogP contribution in [0.5, 0.6) is 0 Å². The fourth-order valence-electron chi connectivity index (χ4n) is 2.71. The molecular weight excluding hydrogens is 276 g/mol. The fraction of sp³-hybridized carbons (Fsp3) is 0.353. The van der Waals surface area contributed by atoms with E-state index in [0.717, 1.165) is 25.1 Å². The number of aryl methyl sites for hydroxylation is 1. The number of nitrogens with one attached hydrogen (secondary N) is 1. The van der Waals surface area contributed by atoms with Crippen LogP contribution in [0.4, 0.5) is 11.6 Å². The van der Waals surface area contributed by atoms with Gasteiger partial charge in [0.15, 0.2) is 0 Å². The minimum Gasteiger partial charge on any atom is -0.340 e. The van der Waals surface area contributed by atoms with Crippen LogP contribution in [0.25, 0.3) is 0 Å². The van der Waals surface area contributed by atoms with Crippen molar-refractivity contribution in [3.05, 3.63) is 48.3 Å². The third-order valence-corrected chi connectivity index (χ3v) is 3.95. The molecule has 22 heavy (non-hydrogen) atoms. The molecule has 1 fully saturated rings. The van der Waals surface area contributed by atoms with Gasteiger partial charge < -0.3 is 10.2 Å². The molecule has 114 valence electrons. The fourth-order valence-corrected chi connectivity index (χ4v) is 2.71. The standard InChI is InChI=1S/C17H20N4O/c1-13-5-7-15(8-6-13)20-16(22)14-4-2-11-21(12-14)17-18-9-3-10-19-17/h3,5-10,14H,2,4,11-12H2,1H3,(H,20,22)/t14-/m1/s1. The van der Waals surface area contributed by atoms with E-state index in [9.17, 15) is 4.79 Å². The van der Waals surface area contributed by atoms with E-state index >= 15 is 0 Å². The summed E-state index contributed by atoms with van der Waals surface area (Å²) in [7, 11) is 0. The van der Waals surface area contributed by atoms with Crippen molar-refractivity contribution in [3.8, 4) is 0 Å². The zero-order valence-corrected chi connectivity index (χ0v) is 12.7. The normalized spacial score (nSPS) is 18.0. The van der Waals surface area contributed by atoms with Crippen LogP contribution in [0, 0.1) is 12.8 Å². The van der Waals surface area contributed by atoms with Gasteiger partial charge in [0.05, 0.1) is 5.92 Å². The monoisotopic (exact) mass is 296 g/mol. The third kappa shape index (κ3) is 3.42. The molecule has 1 aliphatic heterocycles. The Bertz CT molecular complexity index is 627. The lowest BCUT2D eigenvalue weighted by Crippen LogP contribution is -2.41. The van der Waals surface area contributed by atoms with Gasteiger partial charge >= 0.3 is 0 Å². The van der Waals surface area contributed by atoms with Gasteiger partial charge in [0.2, 0.25) is 11.9 Å². The minimum atomic E-state index is -0.0288. The molecule has 0 spiro atoms. The number of nitrogens with zero attached hydrogens (tertiary/aromatic N) is 3. The highest BCUT2D eigenvalue weighted by atomic mass is 16.1. The second-order valence-corrected chi connectivity index (χ2v) is 5.69. The lowest BCUT2D eigenvalue weighted by Gasteiger charge is -2.31. The number of piperidine rings is 1. The van der Waals surface area contributed by atoms with E-state index in [4.69, 9.17) is 0 Å². The summed E-state index contributed by atoms with van der Waals surface area (Å²) >= 11 is 0. The summed E-state index contributed by atoms with van der Waals surface area (Å²) in [6.07, 6.45) is 5.35. The molecule has 1 atom stereocenters. The summed E-state index contributed by atoms with van der Waals surface area (Å²) in [5.74, 6) is 0.749. The highest BCUT2D eigenvalue weighted by Gasteiger charge is 2.27. The van der Waals surface area contributed by atoms with Crippen LogP contribution in [-0.2, 0) is 4.79 Å². The van der Waals surface area contributed by atoms with E-state index in [0.29, 0.717) is 12.5 Å². The second kappa shape index (κ2) is 6.56. The Morgan fingerprint density at radius 2 is 1.95 bits per heavy atom. The van der Waals surface area contributed by atoms with E-state index in [2.05, 4.69) is 20.2 Å². The molecule has 1 saturated heterocycles. The third-order valence-electron chi connectivity index (χ3n) is 3.95. The molecule has 2 aromatic rings. The summed E-state index contributed by atoms with van der Waals surface area (Å²) in [4.78, 5) is 23.1. The van der Waals surface area contributed by atoms with Crippen LogP contribution in [0.3, 0.4) is 0 Å². The zero-order chi connectivity index (χ0) is 15.4. The molecule has 5 heteroatoms. The number of benzene rings is 1. The van der Waals surface area contributed by atoms with Crippen molar-refractivity contribution in [3.63, 3.8) is 0 Å². The first-order valence-corrected chi connectivity index (χ1v) is 7.62. The van der Waals surface area contributed by atoms with E-state index in [1.165, 1.54) is 5.56 Å². The molecule has 5 nitrogen and oxygen atoms in total. The molecule has 2 heterocycles. The summed E-state index contributed by atoms with van der Waals surface area (Å²) in [6.45, 7) is 3.60. The van der Waals surface area contributed by atoms with Gasteiger partial charge in [0.1, 0.15) is 0 Å². The first kappa shape index (κ1) is 14.5. The lowest BCUT2D eigenvalue weighted by atomic mass is 9.97. The number of rotatable bonds is 3. The Kier molecular flexibility index (Phi) is 4.32. The molecule has 1 aliphatic rings. The predicted octanol–water partition coefficient (Wildman–Crippen LogP) is 2.64. The Morgan fingerprint density at radius 3 is 2.68 bits per heavy atom. The number of carbonyl (C=O) groups excluding carboxylic acids is 1. The largest absolute Gasteiger partial charge is 0.340 e. The van der Waals surface area contributed by atoms with E-state index in [1.807, 2.05) is 31.2 Å². The Morgan fingerprint density at radius 1 is 1.23 bits per heavy atom. The highest BCUT2D eigenvalue weighted by molar-refractivity contribution is 5.93. The van der Waals surface area contributed by atoms with Crippen molar-refractivity contribution < 1.29 is 4.79 Å². The predicted molar refractivity (Wildman–Crippen MR) is 86.8 cm³/mol. The van der Waals surface area contributed by atoms with Crippen LogP contribution < -0.4 is 10.2 Å². The second-order valence-electron chi connectivity index (χ2n) is 5.69. The summed E-state index contributed by atoms with van der Waals surface area (Å²) < 4.78 is 0. The van der Waals surface area contributed by atoms with Crippen LogP contribution in [0.15, 0.2) is 42.7 Å². The lowest BCUT2D eigenvalue weighted by molar-refractivity contribution is -0.120. The summed E-state index contributed by atoms with van der Waals surface area (Å²) in [5.41, 5.74) is 2.03. The molecule has 0 aliphatic carbocycles. The first-order valence-electron chi connectivity index (χ1n) is 7.62. The van der Waals surface area contributed by atoms with E-state index < -0.39 is 0 Å². The van der Waals surface area contributed by atoms with E-state index in [-0.39, 0.29) is 11.8 Å². The van der Waals surface area contributed by atoms with Crippen molar-refractivity contribution in [2.75, 3.05) is 23.3 Å². The van der Waals surface area contributed by atoms with Gasteiger partial charge in [-0.2, -0.15) is 0 Å². The van der Waals surface area contributed by atoms with Gasteiger partial charge in [-0.3, -0.25) is 4.79 Å². The van der Waals surface area contributed by atoms with Gasteiger partial charge in [-0.25, -0.2) is 9.97 Å². The Balaban J connectivity index is 1.64. The topological polar surface area (TPSA) is 58.1 Å². The molecule has 1 amide bonds. The van der Waals surface area contributed by atoms with Crippen molar-refractivity contribution in [2.45, 2.75) is 19.8 Å². The molecule has 1 aromatic carbocycles. The van der Waals surface area contributed by atoms with Crippen molar-refractivity contribution in [2.24, 2.45) is 5.92 Å². The zero-order valence-electron chi connectivity index (χ0n) is 12.7. The maximum absolute atomic E-state index is 12.5. The molecule has 0 radical (unpaired) electrons. The SMILES string of the molecule is Cc1ccc(NC(=O)[C@@H]2CCCN(c3ncccn3)C2)cc1. The number of carbonyl (C=O) groups is 1. The van der Waals surface area contributed by atoms with Crippen molar-refractivity contribution in [1.82, 2.24) is 9.97 Å². The van der Waals surface area contributed by atoms with Gasteiger partial charge in [-0.15, -0.1) is 0 Å². The average Bonchev–Trinajstić information content (AvgIpc) is 2.58. The number of amides is 1. The average molecular weight is 296 g/mol. The van der Waals surface area contributed by atoms with Gasteiger partial charge in [-0.05, 0) is 38.0 Å². The quantitative estimate of drug-likeness (QED) is 0.946. The van der Waals surface area contributed by atoms with Crippen LogP contribution in [0.2, 0.25) is 0 Å². The Hall–Kier alpha value is -2.43. The van der Waals surface area contributed by atoms with Crippen LogP contribution in [-0.4, -0.2) is 29.0 Å². The maximum Gasteiger partial charge on any atom is 0.229 e. The molecule has 1 N–H and O–H groups in total. The number of aromatic nitrogens is 2. The number of hydrogen-bond acceptors (Lipinski definition) is 4. The molecule has 0 bridgehead atoms. The van der Waals surface area contributed by atoms with Crippen LogP contribution in [0.1, 0.15) is 18.4 Å². The number of anilines is 2. The summed E-state index contributed by atoms with van der Waals surface area (Å²) in [5, 5.41) is 3.00. The van der Waals surface area contributed by atoms with Gasteiger partial charge in [0, 0.05) is 31.2 Å². The molecule has 0 unspecified atom stereocenters. The van der Waals surface area contributed by atoms with E-state index in [1.54, 1.807) is 18.5 Å². The maximum atomic E-state index is 12.5. The molecule has 3 rings (SSSR count).